The standard InChI is InChI=1S/C65H127NO3/c1-3-5-7-9-11-13-15-17-19-21-23-25-27-29-30-31-32-33-34-35-37-38-40-42-44-46-48-50-52-54-56-58-60-64(68)63(62-67)66-65(69)61-59-57-55-53-51-49-47-45-43-41-39-36-28-26-24-22-20-18-16-14-12-10-8-6-4-2/h22,24,58,60,63-64,67-68H,3-21,23,25-57,59,61-62H2,1-2H3,(H,66,69)/b24-22-,60-58+. The zero-order valence-corrected chi connectivity index (χ0v) is 47.4. The van der Waals surface area contributed by atoms with Crippen molar-refractivity contribution in [3.05, 3.63) is 24.3 Å². The van der Waals surface area contributed by atoms with Crippen molar-refractivity contribution in [1.29, 1.82) is 0 Å². The lowest BCUT2D eigenvalue weighted by atomic mass is 10.0. The van der Waals surface area contributed by atoms with Crippen LogP contribution in [0, 0.1) is 0 Å². The van der Waals surface area contributed by atoms with E-state index in [2.05, 4.69) is 31.3 Å². The molecule has 2 atom stereocenters. The molecule has 1 amide bonds. The summed E-state index contributed by atoms with van der Waals surface area (Å²) in [5.41, 5.74) is 0. The quantitative estimate of drug-likeness (QED) is 0.0420. The average Bonchev–Trinajstić information content (AvgIpc) is 3.35. The maximum Gasteiger partial charge on any atom is 0.220 e. The minimum absolute atomic E-state index is 0.0573. The van der Waals surface area contributed by atoms with E-state index < -0.39 is 12.1 Å². The normalized spacial score (nSPS) is 12.8. The number of carbonyl (C=O) groups excluding carboxylic acids is 1. The van der Waals surface area contributed by atoms with Crippen LogP contribution in [0.2, 0.25) is 0 Å². The Morgan fingerprint density at radius 1 is 0.333 bits per heavy atom. The Kier molecular flexibility index (Phi) is 60.2. The van der Waals surface area contributed by atoms with Gasteiger partial charge in [-0.1, -0.05) is 340 Å². The third-order valence-corrected chi connectivity index (χ3v) is 15.2. The van der Waals surface area contributed by atoms with E-state index in [0.717, 1.165) is 25.7 Å². The number of allylic oxidation sites excluding steroid dienone is 3. The highest BCUT2D eigenvalue weighted by Crippen LogP contribution is 2.18. The molecule has 0 aliphatic rings. The molecule has 0 aromatic carbocycles. The topological polar surface area (TPSA) is 69.6 Å². The molecule has 4 heteroatoms. The second-order valence-electron chi connectivity index (χ2n) is 22.2. The van der Waals surface area contributed by atoms with Crippen LogP contribution in [0.4, 0.5) is 0 Å². The number of rotatable bonds is 60. The number of aliphatic hydroxyl groups excluding tert-OH is 2. The van der Waals surface area contributed by atoms with E-state index in [1.54, 1.807) is 6.08 Å². The van der Waals surface area contributed by atoms with Gasteiger partial charge in [-0.05, 0) is 44.9 Å². The van der Waals surface area contributed by atoms with E-state index >= 15 is 0 Å². The number of aliphatic hydroxyl groups is 2. The molecule has 0 aromatic heterocycles. The van der Waals surface area contributed by atoms with Gasteiger partial charge in [0.2, 0.25) is 5.91 Å². The molecule has 0 radical (unpaired) electrons. The SMILES string of the molecule is CCCCCCCCCC/C=C\CCCCCCCCCCCCCCCC(=O)NC(CO)C(O)/C=C/CCCCCCCCCCCCCCCCCCCCCCCCCCCCCCCC. The Morgan fingerprint density at radius 2 is 0.551 bits per heavy atom. The number of amides is 1. The van der Waals surface area contributed by atoms with Crippen LogP contribution in [-0.2, 0) is 4.79 Å². The molecule has 0 aliphatic carbocycles. The zero-order chi connectivity index (χ0) is 49.9. The lowest BCUT2D eigenvalue weighted by Crippen LogP contribution is -2.45. The first kappa shape index (κ1) is 67.9. The van der Waals surface area contributed by atoms with Gasteiger partial charge in [0.25, 0.3) is 0 Å². The summed E-state index contributed by atoms with van der Waals surface area (Å²) in [6.07, 6.45) is 82.4. The summed E-state index contributed by atoms with van der Waals surface area (Å²) < 4.78 is 0. The molecule has 2 unspecified atom stereocenters. The van der Waals surface area contributed by atoms with Gasteiger partial charge in [-0.2, -0.15) is 0 Å². The molecule has 69 heavy (non-hydrogen) atoms. The fraction of sp³-hybridized carbons (Fsp3) is 0.923. The number of hydrogen-bond donors (Lipinski definition) is 3. The highest BCUT2D eigenvalue weighted by Gasteiger charge is 2.18. The molecular formula is C65H127NO3. The van der Waals surface area contributed by atoms with Gasteiger partial charge in [0.15, 0.2) is 0 Å². The summed E-state index contributed by atoms with van der Waals surface area (Å²) >= 11 is 0. The lowest BCUT2D eigenvalue weighted by Gasteiger charge is -2.20. The molecule has 410 valence electrons. The molecule has 0 aromatic rings. The van der Waals surface area contributed by atoms with Crippen molar-refractivity contribution < 1.29 is 15.0 Å². The summed E-state index contributed by atoms with van der Waals surface area (Å²) in [6, 6.07) is -0.622. The second-order valence-corrected chi connectivity index (χ2v) is 22.2. The van der Waals surface area contributed by atoms with Crippen molar-refractivity contribution in [2.75, 3.05) is 6.61 Å². The first-order valence-electron chi connectivity index (χ1n) is 32.1. The fourth-order valence-electron chi connectivity index (χ4n) is 10.3. The summed E-state index contributed by atoms with van der Waals surface area (Å²) in [4.78, 5) is 12.5. The minimum atomic E-state index is -0.839. The average molecular weight is 971 g/mol. The Hall–Kier alpha value is -1.13. The molecule has 0 spiro atoms. The van der Waals surface area contributed by atoms with Gasteiger partial charge in [0.05, 0.1) is 18.8 Å². The highest BCUT2D eigenvalue weighted by atomic mass is 16.3. The molecule has 3 N–H and O–H groups in total. The molecule has 0 rings (SSSR count). The van der Waals surface area contributed by atoms with E-state index in [-0.39, 0.29) is 12.5 Å². The number of carbonyl (C=O) groups is 1. The van der Waals surface area contributed by atoms with Crippen LogP contribution in [0.3, 0.4) is 0 Å². The van der Waals surface area contributed by atoms with E-state index in [1.807, 2.05) is 6.08 Å². The molecule has 0 bridgehead atoms. The van der Waals surface area contributed by atoms with Crippen molar-refractivity contribution in [3.8, 4) is 0 Å². The van der Waals surface area contributed by atoms with Crippen LogP contribution in [-0.4, -0.2) is 34.9 Å². The van der Waals surface area contributed by atoms with Crippen molar-refractivity contribution in [3.63, 3.8) is 0 Å². The van der Waals surface area contributed by atoms with Gasteiger partial charge in [0.1, 0.15) is 0 Å². The number of hydrogen-bond acceptors (Lipinski definition) is 3. The Balaban J connectivity index is 3.43. The van der Waals surface area contributed by atoms with Crippen molar-refractivity contribution in [1.82, 2.24) is 5.32 Å². The molecule has 0 saturated heterocycles. The summed E-state index contributed by atoms with van der Waals surface area (Å²) in [7, 11) is 0. The Morgan fingerprint density at radius 3 is 0.797 bits per heavy atom. The highest BCUT2D eigenvalue weighted by molar-refractivity contribution is 5.76. The van der Waals surface area contributed by atoms with Gasteiger partial charge in [-0.25, -0.2) is 0 Å². The van der Waals surface area contributed by atoms with Crippen LogP contribution in [0.5, 0.6) is 0 Å². The zero-order valence-electron chi connectivity index (χ0n) is 47.4. The maximum atomic E-state index is 12.5. The van der Waals surface area contributed by atoms with E-state index in [4.69, 9.17) is 0 Å². The minimum Gasteiger partial charge on any atom is -0.394 e. The van der Waals surface area contributed by atoms with Crippen molar-refractivity contribution >= 4 is 5.91 Å². The van der Waals surface area contributed by atoms with Gasteiger partial charge in [-0.15, -0.1) is 0 Å². The van der Waals surface area contributed by atoms with E-state index in [0.29, 0.717) is 6.42 Å². The van der Waals surface area contributed by atoms with E-state index in [9.17, 15) is 15.0 Å². The predicted molar refractivity (Wildman–Crippen MR) is 309 cm³/mol. The smallest absolute Gasteiger partial charge is 0.220 e. The number of nitrogens with one attached hydrogen (secondary N) is 1. The third-order valence-electron chi connectivity index (χ3n) is 15.2. The van der Waals surface area contributed by atoms with Crippen LogP contribution in [0.15, 0.2) is 24.3 Å². The van der Waals surface area contributed by atoms with Gasteiger partial charge < -0.3 is 15.5 Å². The Bertz CT molecular complexity index is 1010. The van der Waals surface area contributed by atoms with Crippen molar-refractivity contribution in [2.24, 2.45) is 0 Å². The molecule has 0 aliphatic heterocycles. The molecule has 4 nitrogen and oxygen atoms in total. The van der Waals surface area contributed by atoms with Crippen LogP contribution in [0.1, 0.15) is 367 Å². The van der Waals surface area contributed by atoms with Crippen LogP contribution < -0.4 is 5.32 Å². The largest absolute Gasteiger partial charge is 0.394 e. The predicted octanol–water partition coefficient (Wildman–Crippen LogP) is 21.4. The first-order valence-corrected chi connectivity index (χ1v) is 32.1. The van der Waals surface area contributed by atoms with Crippen LogP contribution >= 0.6 is 0 Å². The molecule has 0 fully saturated rings. The van der Waals surface area contributed by atoms with E-state index in [1.165, 1.54) is 321 Å². The summed E-state index contributed by atoms with van der Waals surface area (Å²) in [5, 5.41) is 23.3. The fourth-order valence-corrected chi connectivity index (χ4v) is 10.3. The second kappa shape index (κ2) is 61.2. The summed E-state index contributed by atoms with van der Waals surface area (Å²) in [5.74, 6) is -0.0573. The maximum absolute atomic E-state index is 12.5. The van der Waals surface area contributed by atoms with Gasteiger partial charge in [0, 0.05) is 6.42 Å². The molecular weight excluding hydrogens is 843 g/mol. The van der Waals surface area contributed by atoms with Crippen LogP contribution in [0.25, 0.3) is 0 Å². The first-order chi connectivity index (χ1) is 34.2. The lowest BCUT2D eigenvalue weighted by molar-refractivity contribution is -0.123. The summed E-state index contributed by atoms with van der Waals surface area (Å²) in [6.45, 7) is 4.35. The molecule has 0 heterocycles. The number of unbranched alkanes of at least 4 members (excludes halogenated alkanes) is 51. The molecule has 0 saturated carbocycles. The van der Waals surface area contributed by atoms with Gasteiger partial charge in [-0.3, -0.25) is 4.79 Å². The monoisotopic (exact) mass is 970 g/mol. The van der Waals surface area contributed by atoms with Gasteiger partial charge >= 0.3 is 0 Å². The van der Waals surface area contributed by atoms with Crippen molar-refractivity contribution in [2.45, 2.75) is 379 Å². The Labute approximate surface area is 434 Å². The third kappa shape index (κ3) is 57.6.